The Kier molecular flexibility index (Phi) is 3.14. The molecule has 3 N–H and O–H groups in total. The number of amides is 2. The lowest BCUT2D eigenvalue weighted by molar-refractivity contribution is -0.135. The summed E-state index contributed by atoms with van der Waals surface area (Å²) in [6.45, 7) is 4.59. The van der Waals surface area contributed by atoms with Crippen molar-refractivity contribution in [2.24, 2.45) is 10.4 Å². The molecule has 1 heterocycles. The van der Waals surface area contributed by atoms with Gasteiger partial charge in [-0.15, -0.1) is 0 Å². The lowest BCUT2D eigenvalue weighted by Gasteiger charge is -2.39. The van der Waals surface area contributed by atoms with Crippen LogP contribution in [0.25, 0.3) is 0 Å². The molecular formula is C12H19N3O3. The highest BCUT2D eigenvalue weighted by Gasteiger charge is 2.37. The molecule has 1 saturated carbocycles. The third kappa shape index (κ3) is 2.87. The van der Waals surface area contributed by atoms with E-state index < -0.39 is 17.4 Å². The van der Waals surface area contributed by atoms with Crippen LogP contribution in [-0.4, -0.2) is 35.0 Å². The van der Waals surface area contributed by atoms with Crippen LogP contribution >= 0.6 is 0 Å². The van der Waals surface area contributed by atoms with E-state index in [1.165, 1.54) is 0 Å². The van der Waals surface area contributed by atoms with Crippen molar-refractivity contribution in [3.8, 4) is 0 Å². The fourth-order valence-corrected chi connectivity index (χ4v) is 2.22. The van der Waals surface area contributed by atoms with Crippen molar-refractivity contribution in [2.45, 2.75) is 45.1 Å². The zero-order valence-corrected chi connectivity index (χ0v) is 10.7. The summed E-state index contributed by atoms with van der Waals surface area (Å²) in [4.78, 5) is 25.9. The van der Waals surface area contributed by atoms with E-state index in [4.69, 9.17) is 0 Å². The lowest BCUT2D eigenvalue weighted by Crippen LogP contribution is -2.40. The van der Waals surface area contributed by atoms with Gasteiger partial charge in [0.15, 0.2) is 0 Å². The van der Waals surface area contributed by atoms with Crippen molar-refractivity contribution in [2.75, 3.05) is 6.54 Å². The molecule has 0 bridgehead atoms. The number of nitrogens with zero attached hydrogens (tertiary/aromatic N) is 1. The first-order valence-electron chi connectivity index (χ1n) is 6.19. The van der Waals surface area contributed by atoms with E-state index in [-0.39, 0.29) is 17.9 Å². The largest absolute Gasteiger partial charge is 0.388 e. The number of aliphatic hydroxyl groups is 1. The van der Waals surface area contributed by atoms with Gasteiger partial charge < -0.3 is 5.11 Å². The molecule has 2 amide bonds. The Morgan fingerprint density at radius 3 is 2.11 bits per heavy atom. The Balaban J connectivity index is 1.92. The van der Waals surface area contributed by atoms with E-state index in [9.17, 15) is 14.7 Å². The highest BCUT2D eigenvalue weighted by molar-refractivity contribution is 6.45. The molecule has 0 radical (unpaired) electrons. The Labute approximate surface area is 106 Å². The van der Waals surface area contributed by atoms with Crippen LogP contribution in [-0.2, 0) is 9.59 Å². The van der Waals surface area contributed by atoms with Crippen LogP contribution in [0, 0.1) is 5.41 Å². The van der Waals surface area contributed by atoms with Gasteiger partial charge in [-0.1, -0.05) is 13.8 Å². The molecular weight excluding hydrogens is 234 g/mol. The molecule has 1 aliphatic heterocycles. The Bertz CT molecular complexity index is 387. The maximum atomic E-state index is 10.9. The van der Waals surface area contributed by atoms with Crippen LogP contribution in [0.5, 0.6) is 0 Å². The quantitative estimate of drug-likeness (QED) is 0.601. The van der Waals surface area contributed by atoms with Gasteiger partial charge in [0, 0.05) is 0 Å². The van der Waals surface area contributed by atoms with Gasteiger partial charge in [0.25, 0.3) is 0 Å². The maximum absolute atomic E-state index is 10.9. The van der Waals surface area contributed by atoms with E-state index in [0.29, 0.717) is 12.8 Å². The van der Waals surface area contributed by atoms with E-state index in [2.05, 4.69) is 29.5 Å². The summed E-state index contributed by atoms with van der Waals surface area (Å²) in [6, 6.07) is 0. The van der Waals surface area contributed by atoms with Crippen LogP contribution < -0.4 is 10.6 Å². The number of guanidine groups is 1. The second kappa shape index (κ2) is 4.35. The first kappa shape index (κ1) is 13.0. The minimum absolute atomic E-state index is 0.142. The van der Waals surface area contributed by atoms with E-state index >= 15 is 0 Å². The molecule has 0 aromatic heterocycles. The average Bonchev–Trinajstić information content (AvgIpc) is 2.61. The molecule has 0 aromatic carbocycles. The monoisotopic (exact) mass is 253 g/mol. The maximum Gasteiger partial charge on any atom is 0.316 e. The van der Waals surface area contributed by atoms with Crippen LogP contribution in [0.2, 0.25) is 0 Å². The topological polar surface area (TPSA) is 90.8 Å². The summed E-state index contributed by atoms with van der Waals surface area (Å²) in [5.41, 5.74) is -0.546. The van der Waals surface area contributed by atoms with Crippen molar-refractivity contribution in [3.05, 3.63) is 0 Å². The van der Waals surface area contributed by atoms with E-state index in [0.717, 1.165) is 12.8 Å². The molecule has 0 atom stereocenters. The molecule has 18 heavy (non-hydrogen) atoms. The van der Waals surface area contributed by atoms with Gasteiger partial charge in [0.1, 0.15) is 0 Å². The predicted molar refractivity (Wildman–Crippen MR) is 65.8 cm³/mol. The third-order valence-electron chi connectivity index (χ3n) is 3.74. The van der Waals surface area contributed by atoms with Crippen molar-refractivity contribution >= 4 is 17.8 Å². The SMILES string of the molecule is CC1(C)CCC(O)(CN=C2NC(=O)C(=O)N2)CC1. The number of carbonyl (C=O) groups excluding carboxylic acids is 2. The summed E-state index contributed by atoms with van der Waals surface area (Å²) in [6.07, 6.45) is 3.29. The Morgan fingerprint density at radius 1 is 1.11 bits per heavy atom. The number of rotatable bonds is 2. The molecule has 1 aliphatic carbocycles. The number of nitrogens with one attached hydrogen (secondary N) is 2. The molecule has 6 heteroatoms. The molecule has 100 valence electrons. The van der Waals surface area contributed by atoms with Crippen LogP contribution in [0.4, 0.5) is 0 Å². The van der Waals surface area contributed by atoms with Gasteiger partial charge in [-0.25, -0.2) is 4.99 Å². The summed E-state index contributed by atoms with van der Waals surface area (Å²) in [7, 11) is 0. The number of aliphatic imine (C=N–C) groups is 1. The number of hydrogen-bond donors (Lipinski definition) is 3. The van der Waals surface area contributed by atoms with Crippen molar-refractivity contribution in [1.29, 1.82) is 0 Å². The average molecular weight is 253 g/mol. The highest BCUT2D eigenvalue weighted by atomic mass is 16.3. The molecule has 0 unspecified atom stereocenters. The number of carbonyl (C=O) groups is 2. The summed E-state index contributed by atoms with van der Waals surface area (Å²) in [5.74, 6) is -1.26. The van der Waals surface area contributed by atoms with Crippen LogP contribution in [0.15, 0.2) is 4.99 Å². The van der Waals surface area contributed by atoms with Gasteiger partial charge in [0.2, 0.25) is 5.96 Å². The first-order chi connectivity index (χ1) is 8.30. The first-order valence-corrected chi connectivity index (χ1v) is 6.19. The second-order valence-electron chi connectivity index (χ2n) is 5.96. The van der Waals surface area contributed by atoms with Crippen LogP contribution in [0.1, 0.15) is 39.5 Å². The minimum atomic E-state index is -0.819. The smallest absolute Gasteiger partial charge is 0.316 e. The van der Waals surface area contributed by atoms with Crippen molar-refractivity contribution < 1.29 is 14.7 Å². The van der Waals surface area contributed by atoms with Gasteiger partial charge in [-0.05, 0) is 31.1 Å². The second-order valence-corrected chi connectivity index (χ2v) is 5.96. The fraction of sp³-hybridized carbons (Fsp3) is 0.750. The normalized spacial score (nSPS) is 25.6. The molecule has 6 nitrogen and oxygen atoms in total. The van der Waals surface area contributed by atoms with Gasteiger partial charge in [-0.2, -0.15) is 0 Å². The summed E-state index contributed by atoms with van der Waals surface area (Å²) in [5, 5.41) is 15.0. The molecule has 2 rings (SSSR count). The summed E-state index contributed by atoms with van der Waals surface area (Å²) < 4.78 is 0. The number of hydrogen-bond acceptors (Lipinski definition) is 4. The standard InChI is InChI=1S/C12H19N3O3/c1-11(2)3-5-12(18,6-4-11)7-13-10-14-8(16)9(17)15-10/h18H,3-7H2,1-2H3,(H2,13,14,15,16,17). The predicted octanol–water partition coefficient (Wildman–Crippen LogP) is -0.0803. The van der Waals surface area contributed by atoms with E-state index in [1.807, 2.05) is 0 Å². The molecule has 2 aliphatic rings. The molecule has 1 saturated heterocycles. The molecule has 0 spiro atoms. The molecule has 0 aromatic rings. The van der Waals surface area contributed by atoms with Gasteiger partial charge in [-0.3, -0.25) is 20.2 Å². The van der Waals surface area contributed by atoms with Gasteiger partial charge in [0.05, 0.1) is 12.1 Å². The fourth-order valence-electron chi connectivity index (χ4n) is 2.22. The minimum Gasteiger partial charge on any atom is -0.388 e. The zero-order valence-electron chi connectivity index (χ0n) is 10.7. The van der Waals surface area contributed by atoms with Crippen molar-refractivity contribution in [1.82, 2.24) is 10.6 Å². The van der Waals surface area contributed by atoms with E-state index in [1.54, 1.807) is 0 Å². The van der Waals surface area contributed by atoms with Crippen LogP contribution in [0.3, 0.4) is 0 Å². The zero-order chi connectivity index (χ0) is 13.4. The Hall–Kier alpha value is -1.43. The van der Waals surface area contributed by atoms with Crippen molar-refractivity contribution in [3.63, 3.8) is 0 Å². The third-order valence-corrected chi connectivity index (χ3v) is 3.74. The Morgan fingerprint density at radius 2 is 1.61 bits per heavy atom. The highest BCUT2D eigenvalue weighted by Crippen LogP contribution is 2.40. The lowest BCUT2D eigenvalue weighted by atomic mass is 9.71. The van der Waals surface area contributed by atoms with Gasteiger partial charge >= 0.3 is 11.8 Å². The molecule has 2 fully saturated rings. The summed E-state index contributed by atoms with van der Waals surface area (Å²) >= 11 is 0.